The van der Waals surface area contributed by atoms with Crippen molar-refractivity contribution in [1.82, 2.24) is 31.9 Å². The number of aliphatic hydroxyl groups is 1. The largest absolute Gasteiger partial charge is 0.481 e. The van der Waals surface area contributed by atoms with Crippen LogP contribution in [0.2, 0.25) is 0 Å². The summed E-state index contributed by atoms with van der Waals surface area (Å²) in [6.07, 6.45) is -3.85. The number of aliphatic carboxylic acids is 3. The zero-order chi connectivity index (χ0) is 48.1. The van der Waals surface area contributed by atoms with Crippen LogP contribution in [0.5, 0.6) is 0 Å². The number of nitrogens with two attached hydrogens (primary N) is 2. The molecular formula is C41H64N8O14. The highest BCUT2D eigenvalue weighted by Gasteiger charge is 2.35. The fraction of sp³-hybridized carbons (Fsp3) is 0.610. The standard InChI is InChI=1S/C41H64N8O14/c1-20(2)16-27(46-39(60)28(19-31(43)51)47-40(61)34(21(3)4)49-37(58)25(42)12-14-32(52)53)30(50)17-22(5)35(56)44-23(6)36(57)45-26(13-15-33(54)55)38(59)48-29(41(62)63)18-24-10-8-7-9-11-24/h7-11,20-23,25-30,34,50H,12-19,42H2,1-6H3,(H2,43,51)(H,44,56)(H,45,57)(H,46,60)(H,47,61)(H,48,59)(H,49,58)(H,52,53)(H,54,55)(H,62,63)/t22-,23+,25+,26+,27+,28-,29+,30+,34-/m1/s1. The Morgan fingerprint density at radius 1 is 0.603 bits per heavy atom. The van der Waals surface area contributed by atoms with Crippen molar-refractivity contribution in [1.29, 1.82) is 0 Å². The fourth-order valence-corrected chi connectivity index (χ4v) is 6.19. The summed E-state index contributed by atoms with van der Waals surface area (Å²) in [4.78, 5) is 125. The lowest BCUT2D eigenvalue weighted by Crippen LogP contribution is -2.59. The average Bonchev–Trinajstić information content (AvgIpc) is 3.18. The van der Waals surface area contributed by atoms with Gasteiger partial charge >= 0.3 is 17.9 Å². The maximum absolute atomic E-state index is 13.6. The fourth-order valence-electron chi connectivity index (χ4n) is 6.19. The summed E-state index contributed by atoms with van der Waals surface area (Å²) in [5, 5.41) is 53.8. The van der Waals surface area contributed by atoms with Gasteiger partial charge in [0.25, 0.3) is 0 Å². The first-order valence-electron chi connectivity index (χ1n) is 20.6. The number of rotatable bonds is 29. The molecule has 14 N–H and O–H groups in total. The minimum Gasteiger partial charge on any atom is -0.481 e. The van der Waals surface area contributed by atoms with Crippen LogP contribution in [0.4, 0.5) is 0 Å². The van der Waals surface area contributed by atoms with Crippen LogP contribution in [-0.2, 0) is 54.4 Å². The van der Waals surface area contributed by atoms with Crippen LogP contribution in [0.3, 0.4) is 0 Å². The Balaban J connectivity index is 3.07. The Labute approximate surface area is 365 Å². The van der Waals surface area contributed by atoms with Crippen molar-refractivity contribution in [2.45, 2.75) is 141 Å². The van der Waals surface area contributed by atoms with E-state index in [1.54, 1.807) is 58.0 Å². The molecule has 7 amide bonds. The molecule has 0 aliphatic rings. The molecule has 0 aromatic heterocycles. The van der Waals surface area contributed by atoms with Gasteiger partial charge in [-0.3, -0.25) is 43.2 Å². The molecule has 0 radical (unpaired) electrons. The zero-order valence-corrected chi connectivity index (χ0v) is 36.4. The highest BCUT2D eigenvalue weighted by molar-refractivity contribution is 5.96. The molecule has 1 rings (SSSR count). The summed E-state index contributed by atoms with van der Waals surface area (Å²) in [6.45, 7) is 9.47. The van der Waals surface area contributed by atoms with Crippen LogP contribution in [0.25, 0.3) is 0 Å². The normalized spacial score (nSPS) is 15.5. The van der Waals surface area contributed by atoms with Gasteiger partial charge in [-0.25, -0.2) is 4.79 Å². The molecule has 22 nitrogen and oxygen atoms in total. The molecule has 63 heavy (non-hydrogen) atoms. The molecule has 22 heteroatoms. The third kappa shape index (κ3) is 21.0. The van der Waals surface area contributed by atoms with E-state index in [4.69, 9.17) is 16.6 Å². The Morgan fingerprint density at radius 2 is 1.14 bits per heavy atom. The van der Waals surface area contributed by atoms with Crippen LogP contribution in [-0.4, -0.2) is 128 Å². The number of amides is 7. The molecule has 0 heterocycles. The number of carboxylic acid groups (broad SMARTS) is 3. The first kappa shape index (κ1) is 54.9. The van der Waals surface area contributed by atoms with E-state index in [1.165, 1.54) is 13.8 Å². The van der Waals surface area contributed by atoms with Gasteiger partial charge < -0.3 is 63.8 Å². The molecule has 1 aromatic rings. The van der Waals surface area contributed by atoms with Crippen LogP contribution < -0.4 is 43.4 Å². The molecule has 0 saturated carbocycles. The molecule has 0 aliphatic carbocycles. The summed E-state index contributed by atoms with van der Waals surface area (Å²) in [5.41, 5.74) is 11.8. The topological polar surface area (TPSA) is 376 Å². The van der Waals surface area contributed by atoms with Gasteiger partial charge in [0, 0.05) is 25.2 Å². The van der Waals surface area contributed by atoms with Gasteiger partial charge in [0.05, 0.1) is 24.6 Å². The van der Waals surface area contributed by atoms with E-state index >= 15 is 0 Å². The van der Waals surface area contributed by atoms with Gasteiger partial charge in [-0.15, -0.1) is 0 Å². The second-order valence-corrected chi connectivity index (χ2v) is 16.3. The zero-order valence-electron chi connectivity index (χ0n) is 36.4. The van der Waals surface area contributed by atoms with Crippen molar-refractivity contribution in [2.24, 2.45) is 29.2 Å². The number of nitrogens with one attached hydrogen (secondary N) is 6. The van der Waals surface area contributed by atoms with Crippen molar-refractivity contribution < 1.29 is 68.4 Å². The Bertz CT molecular complexity index is 1760. The van der Waals surface area contributed by atoms with Gasteiger partial charge in [-0.2, -0.15) is 0 Å². The second-order valence-electron chi connectivity index (χ2n) is 16.3. The van der Waals surface area contributed by atoms with E-state index in [0.717, 1.165) is 0 Å². The predicted octanol–water partition coefficient (Wildman–Crippen LogP) is -1.74. The first-order chi connectivity index (χ1) is 29.3. The van der Waals surface area contributed by atoms with Crippen molar-refractivity contribution in [3.63, 3.8) is 0 Å². The number of hydrogen-bond acceptors (Lipinski definition) is 12. The summed E-state index contributed by atoms with van der Waals surface area (Å²) >= 11 is 0. The Kier molecular flexibility index (Phi) is 23.5. The molecule has 0 fully saturated rings. The molecule has 0 aliphatic heterocycles. The molecule has 0 bridgehead atoms. The molecular weight excluding hydrogens is 828 g/mol. The lowest BCUT2D eigenvalue weighted by atomic mass is 9.92. The summed E-state index contributed by atoms with van der Waals surface area (Å²) < 4.78 is 0. The molecule has 1 aromatic carbocycles. The van der Waals surface area contributed by atoms with Crippen molar-refractivity contribution in [3.05, 3.63) is 35.9 Å². The van der Waals surface area contributed by atoms with Crippen LogP contribution in [0.1, 0.15) is 92.1 Å². The van der Waals surface area contributed by atoms with Crippen molar-refractivity contribution >= 4 is 59.3 Å². The monoisotopic (exact) mass is 892 g/mol. The lowest BCUT2D eigenvalue weighted by molar-refractivity contribution is -0.143. The summed E-state index contributed by atoms with van der Waals surface area (Å²) in [7, 11) is 0. The smallest absolute Gasteiger partial charge is 0.326 e. The van der Waals surface area contributed by atoms with Gasteiger partial charge in [-0.05, 0) is 50.0 Å². The predicted molar refractivity (Wildman–Crippen MR) is 225 cm³/mol. The summed E-state index contributed by atoms with van der Waals surface area (Å²) in [6, 6.07) is -0.933. The van der Waals surface area contributed by atoms with E-state index in [2.05, 4.69) is 31.9 Å². The van der Waals surface area contributed by atoms with Crippen molar-refractivity contribution in [3.8, 4) is 0 Å². The average molecular weight is 893 g/mol. The number of hydrogen-bond donors (Lipinski definition) is 12. The Hall–Kier alpha value is -6.16. The van der Waals surface area contributed by atoms with E-state index in [0.29, 0.717) is 5.56 Å². The second kappa shape index (κ2) is 27.0. The van der Waals surface area contributed by atoms with Gasteiger partial charge in [0.15, 0.2) is 0 Å². The molecule has 352 valence electrons. The van der Waals surface area contributed by atoms with Crippen LogP contribution in [0, 0.1) is 17.8 Å². The molecule has 0 unspecified atom stereocenters. The van der Waals surface area contributed by atoms with E-state index in [1.807, 2.05) is 0 Å². The van der Waals surface area contributed by atoms with E-state index in [-0.39, 0.29) is 31.6 Å². The Morgan fingerprint density at radius 3 is 1.67 bits per heavy atom. The van der Waals surface area contributed by atoms with E-state index < -0.39 is 145 Å². The lowest BCUT2D eigenvalue weighted by Gasteiger charge is -2.30. The molecule has 0 saturated heterocycles. The number of benzene rings is 1. The quantitative estimate of drug-likeness (QED) is 0.0425. The van der Waals surface area contributed by atoms with Crippen LogP contribution in [0.15, 0.2) is 30.3 Å². The van der Waals surface area contributed by atoms with Crippen molar-refractivity contribution in [2.75, 3.05) is 0 Å². The summed E-state index contributed by atoms with van der Waals surface area (Å²) in [5.74, 6) is -11.7. The minimum absolute atomic E-state index is 0.0978. The molecule has 0 spiro atoms. The number of aliphatic hydroxyl groups excluding tert-OH is 1. The SMILES string of the molecule is CC(C)C[C@H](NC(=O)[C@@H](CC(N)=O)NC(=O)[C@H](NC(=O)[C@@H](N)CCC(=O)O)C(C)C)[C@@H](O)C[C@@H](C)C(=O)N[C@@H](C)C(=O)N[C@@H](CCC(=O)O)C(=O)N[C@@H](Cc1ccccc1)C(=O)O. The number of carbonyl (C=O) groups excluding carboxylic acids is 7. The number of primary amides is 1. The minimum atomic E-state index is -1.57. The number of carboxylic acids is 3. The van der Waals surface area contributed by atoms with Gasteiger partial charge in [0.2, 0.25) is 41.4 Å². The third-order valence-corrected chi connectivity index (χ3v) is 9.78. The molecule has 9 atom stereocenters. The maximum Gasteiger partial charge on any atom is 0.326 e. The first-order valence-corrected chi connectivity index (χ1v) is 20.6. The maximum atomic E-state index is 13.6. The van der Waals surface area contributed by atoms with Crippen LogP contribution >= 0.6 is 0 Å². The van der Waals surface area contributed by atoms with Gasteiger partial charge in [0.1, 0.15) is 30.2 Å². The highest BCUT2D eigenvalue weighted by Crippen LogP contribution is 2.17. The number of carbonyl (C=O) groups is 10. The highest BCUT2D eigenvalue weighted by atomic mass is 16.4. The third-order valence-electron chi connectivity index (χ3n) is 9.78. The van der Waals surface area contributed by atoms with E-state index in [9.17, 15) is 63.3 Å². The van der Waals surface area contributed by atoms with Gasteiger partial charge in [-0.1, -0.05) is 65.0 Å².